The van der Waals surface area contributed by atoms with E-state index in [1.807, 2.05) is 30.0 Å². The number of hydrogen-bond acceptors (Lipinski definition) is 3. The molecule has 2 aliphatic rings. The Kier molecular flexibility index (Phi) is 3.92. The largest absolute Gasteiger partial charge is 0.325 e. The van der Waals surface area contributed by atoms with Gasteiger partial charge in [-0.25, -0.2) is 0 Å². The van der Waals surface area contributed by atoms with E-state index in [1.165, 1.54) is 12.8 Å². The van der Waals surface area contributed by atoms with Gasteiger partial charge in [-0.1, -0.05) is 0 Å². The molecule has 5 heteroatoms. The summed E-state index contributed by atoms with van der Waals surface area (Å²) in [7, 11) is 0. The van der Waals surface area contributed by atoms with Crippen molar-refractivity contribution in [2.24, 2.45) is 0 Å². The molecular formula is C16H21N3O2. The Morgan fingerprint density at radius 1 is 1.38 bits per heavy atom. The molecule has 1 heterocycles. The van der Waals surface area contributed by atoms with E-state index in [4.69, 9.17) is 0 Å². The Hall–Kier alpha value is -1.88. The fourth-order valence-corrected chi connectivity index (χ4v) is 2.67. The number of benzene rings is 1. The monoisotopic (exact) mass is 287 g/mol. The first kappa shape index (κ1) is 14.1. The van der Waals surface area contributed by atoms with Crippen LogP contribution in [0.4, 0.5) is 11.4 Å². The average Bonchev–Trinajstić information content (AvgIpc) is 3.19. The highest BCUT2D eigenvalue weighted by atomic mass is 16.2. The van der Waals surface area contributed by atoms with Crippen LogP contribution in [0, 0.1) is 6.92 Å². The normalized spacial score (nSPS) is 18.1. The van der Waals surface area contributed by atoms with Gasteiger partial charge >= 0.3 is 0 Å². The molecule has 3 rings (SSSR count). The lowest BCUT2D eigenvalue weighted by Crippen LogP contribution is -2.29. The number of nitrogens with one attached hydrogen (secondary N) is 2. The first-order chi connectivity index (χ1) is 10.1. The van der Waals surface area contributed by atoms with Gasteiger partial charge in [-0.3, -0.25) is 9.59 Å². The quantitative estimate of drug-likeness (QED) is 0.868. The van der Waals surface area contributed by atoms with Crippen LogP contribution in [0.25, 0.3) is 0 Å². The number of aryl methyl sites for hydroxylation is 1. The van der Waals surface area contributed by atoms with Gasteiger partial charge in [-0.15, -0.1) is 0 Å². The number of anilines is 2. The molecule has 5 nitrogen and oxygen atoms in total. The third-order valence-corrected chi connectivity index (χ3v) is 3.97. The van der Waals surface area contributed by atoms with E-state index in [9.17, 15) is 9.59 Å². The summed E-state index contributed by atoms with van der Waals surface area (Å²) >= 11 is 0. The highest BCUT2D eigenvalue weighted by Gasteiger charge is 2.23. The predicted octanol–water partition coefficient (Wildman–Crippen LogP) is 1.81. The number of hydrogen-bond donors (Lipinski definition) is 2. The fourth-order valence-electron chi connectivity index (χ4n) is 2.67. The van der Waals surface area contributed by atoms with E-state index in [2.05, 4.69) is 10.6 Å². The van der Waals surface area contributed by atoms with Gasteiger partial charge in [0.1, 0.15) is 0 Å². The van der Waals surface area contributed by atoms with E-state index < -0.39 is 0 Å². The predicted molar refractivity (Wildman–Crippen MR) is 82.4 cm³/mol. The molecule has 0 spiro atoms. The summed E-state index contributed by atoms with van der Waals surface area (Å²) in [5, 5.41) is 6.08. The van der Waals surface area contributed by atoms with Crippen molar-refractivity contribution in [3.8, 4) is 0 Å². The highest BCUT2D eigenvalue weighted by Crippen LogP contribution is 2.27. The van der Waals surface area contributed by atoms with Crippen molar-refractivity contribution < 1.29 is 9.59 Å². The van der Waals surface area contributed by atoms with Gasteiger partial charge < -0.3 is 15.5 Å². The molecule has 0 radical (unpaired) electrons. The number of amides is 2. The Bertz CT molecular complexity index is 567. The minimum Gasteiger partial charge on any atom is -0.325 e. The standard InChI is InChI=1S/C16H21N3O2/c1-11-9-13(18-15(20)10-17-12-4-5-12)6-7-14(11)19-8-2-3-16(19)21/h6-7,9,12,17H,2-5,8,10H2,1H3,(H,18,20). The number of rotatable bonds is 5. The van der Waals surface area contributed by atoms with Crippen LogP contribution in [0.5, 0.6) is 0 Å². The molecule has 2 N–H and O–H groups in total. The first-order valence-corrected chi connectivity index (χ1v) is 7.58. The summed E-state index contributed by atoms with van der Waals surface area (Å²) in [4.78, 5) is 25.4. The van der Waals surface area contributed by atoms with Crippen molar-refractivity contribution in [2.45, 2.75) is 38.6 Å². The van der Waals surface area contributed by atoms with Gasteiger partial charge in [-0.2, -0.15) is 0 Å². The fraction of sp³-hybridized carbons (Fsp3) is 0.500. The van der Waals surface area contributed by atoms with Crippen LogP contribution in [0.2, 0.25) is 0 Å². The lowest BCUT2D eigenvalue weighted by molar-refractivity contribution is -0.117. The maximum Gasteiger partial charge on any atom is 0.238 e. The van der Waals surface area contributed by atoms with E-state index in [0.717, 1.165) is 29.9 Å². The Labute approximate surface area is 124 Å². The van der Waals surface area contributed by atoms with Gasteiger partial charge in [0.05, 0.1) is 6.54 Å². The minimum absolute atomic E-state index is 0.0219. The van der Waals surface area contributed by atoms with Crippen LogP contribution in [0.15, 0.2) is 18.2 Å². The summed E-state index contributed by atoms with van der Waals surface area (Å²) < 4.78 is 0. The van der Waals surface area contributed by atoms with Crippen molar-refractivity contribution >= 4 is 23.2 Å². The summed E-state index contributed by atoms with van der Waals surface area (Å²) in [6.45, 7) is 3.12. The van der Waals surface area contributed by atoms with Crippen molar-refractivity contribution in [1.29, 1.82) is 0 Å². The van der Waals surface area contributed by atoms with Crippen LogP contribution < -0.4 is 15.5 Å². The third-order valence-electron chi connectivity index (χ3n) is 3.97. The van der Waals surface area contributed by atoms with E-state index in [0.29, 0.717) is 19.0 Å². The molecule has 0 bridgehead atoms. The molecule has 1 aliphatic heterocycles. The van der Waals surface area contributed by atoms with Crippen molar-refractivity contribution in [3.05, 3.63) is 23.8 Å². The Morgan fingerprint density at radius 3 is 2.81 bits per heavy atom. The molecule has 1 saturated heterocycles. The van der Waals surface area contributed by atoms with E-state index in [-0.39, 0.29) is 11.8 Å². The van der Waals surface area contributed by atoms with Gasteiger partial charge in [0, 0.05) is 30.4 Å². The van der Waals surface area contributed by atoms with Crippen LogP contribution in [0.1, 0.15) is 31.2 Å². The molecule has 0 atom stereocenters. The van der Waals surface area contributed by atoms with Crippen LogP contribution in [-0.2, 0) is 9.59 Å². The highest BCUT2D eigenvalue weighted by molar-refractivity contribution is 5.97. The molecule has 0 unspecified atom stereocenters. The minimum atomic E-state index is -0.0219. The SMILES string of the molecule is Cc1cc(NC(=O)CNC2CC2)ccc1N1CCCC1=O. The van der Waals surface area contributed by atoms with Crippen molar-refractivity contribution in [3.63, 3.8) is 0 Å². The summed E-state index contributed by atoms with van der Waals surface area (Å²) in [5.74, 6) is 0.162. The topological polar surface area (TPSA) is 61.4 Å². The average molecular weight is 287 g/mol. The second-order valence-electron chi connectivity index (χ2n) is 5.85. The molecule has 1 saturated carbocycles. The van der Waals surface area contributed by atoms with Crippen LogP contribution in [-0.4, -0.2) is 30.9 Å². The lowest BCUT2D eigenvalue weighted by Gasteiger charge is -2.19. The van der Waals surface area contributed by atoms with E-state index >= 15 is 0 Å². The number of carbonyl (C=O) groups excluding carboxylic acids is 2. The molecule has 1 aliphatic carbocycles. The first-order valence-electron chi connectivity index (χ1n) is 7.58. The summed E-state index contributed by atoms with van der Waals surface area (Å²) in [6, 6.07) is 6.24. The third kappa shape index (κ3) is 3.42. The van der Waals surface area contributed by atoms with E-state index in [1.54, 1.807) is 0 Å². The summed E-state index contributed by atoms with van der Waals surface area (Å²) in [5.41, 5.74) is 2.75. The molecule has 112 valence electrons. The second-order valence-corrected chi connectivity index (χ2v) is 5.85. The lowest BCUT2D eigenvalue weighted by atomic mass is 10.1. The molecule has 2 fully saturated rings. The smallest absolute Gasteiger partial charge is 0.238 e. The molecule has 1 aromatic rings. The van der Waals surface area contributed by atoms with Gasteiger partial charge in [-0.05, 0) is 49.9 Å². The molecular weight excluding hydrogens is 266 g/mol. The van der Waals surface area contributed by atoms with Crippen molar-refractivity contribution in [1.82, 2.24) is 5.32 Å². The molecule has 21 heavy (non-hydrogen) atoms. The van der Waals surface area contributed by atoms with Gasteiger partial charge in [0.15, 0.2) is 0 Å². The number of carbonyl (C=O) groups is 2. The second kappa shape index (κ2) is 5.85. The van der Waals surface area contributed by atoms with Crippen molar-refractivity contribution in [2.75, 3.05) is 23.3 Å². The van der Waals surface area contributed by atoms with Gasteiger partial charge in [0.2, 0.25) is 11.8 Å². The number of nitrogens with zero attached hydrogens (tertiary/aromatic N) is 1. The van der Waals surface area contributed by atoms with Crippen LogP contribution in [0.3, 0.4) is 0 Å². The zero-order valence-electron chi connectivity index (χ0n) is 12.3. The maximum absolute atomic E-state index is 11.8. The zero-order chi connectivity index (χ0) is 14.8. The summed E-state index contributed by atoms with van der Waals surface area (Å²) in [6.07, 6.45) is 3.89. The Balaban J connectivity index is 1.63. The maximum atomic E-state index is 11.8. The zero-order valence-corrected chi connectivity index (χ0v) is 12.3. The Morgan fingerprint density at radius 2 is 2.19 bits per heavy atom. The molecule has 1 aromatic carbocycles. The van der Waals surface area contributed by atoms with Crippen LogP contribution >= 0.6 is 0 Å². The molecule has 2 amide bonds. The van der Waals surface area contributed by atoms with Gasteiger partial charge in [0.25, 0.3) is 0 Å². The molecule has 0 aromatic heterocycles.